The molecule has 1 aromatic heterocycles. The Labute approximate surface area is 117 Å². The van der Waals surface area contributed by atoms with Crippen LogP contribution < -0.4 is 5.73 Å². The van der Waals surface area contributed by atoms with Crippen LogP contribution in [-0.2, 0) is 5.41 Å². The lowest BCUT2D eigenvalue weighted by Gasteiger charge is -2.32. The molecule has 0 unspecified atom stereocenters. The number of halogens is 1. The molecule has 0 bridgehead atoms. The van der Waals surface area contributed by atoms with E-state index >= 15 is 0 Å². The maximum Gasteiger partial charge on any atom is 0.234 e. The molecule has 1 aliphatic rings. The van der Waals surface area contributed by atoms with Crippen molar-refractivity contribution >= 4 is 0 Å². The van der Waals surface area contributed by atoms with E-state index in [1.54, 1.807) is 12.1 Å². The molecule has 0 amide bonds. The van der Waals surface area contributed by atoms with Crippen molar-refractivity contribution in [3.63, 3.8) is 0 Å². The first-order chi connectivity index (χ1) is 9.73. The Morgan fingerprint density at radius 2 is 2.05 bits per heavy atom. The van der Waals surface area contributed by atoms with E-state index in [-0.39, 0.29) is 11.2 Å². The Kier molecular flexibility index (Phi) is 3.53. The number of benzene rings is 1. The minimum absolute atomic E-state index is 0.198. The molecular weight excluding hydrogens is 257 g/mol. The van der Waals surface area contributed by atoms with Crippen molar-refractivity contribution in [2.45, 2.75) is 37.5 Å². The molecule has 2 N–H and O–H groups in total. The molecular formula is C15H18FN3O. The highest BCUT2D eigenvalue weighted by Gasteiger charge is 2.38. The van der Waals surface area contributed by atoms with Gasteiger partial charge in [-0.25, -0.2) is 4.39 Å². The van der Waals surface area contributed by atoms with Gasteiger partial charge in [0.1, 0.15) is 5.82 Å². The molecule has 0 spiro atoms. The van der Waals surface area contributed by atoms with Crippen LogP contribution in [0.4, 0.5) is 4.39 Å². The van der Waals surface area contributed by atoms with Gasteiger partial charge in [0.25, 0.3) is 0 Å². The van der Waals surface area contributed by atoms with Gasteiger partial charge >= 0.3 is 0 Å². The van der Waals surface area contributed by atoms with Crippen LogP contribution in [0.25, 0.3) is 11.4 Å². The third-order valence-electron chi connectivity index (χ3n) is 4.16. The quantitative estimate of drug-likeness (QED) is 0.935. The smallest absolute Gasteiger partial charge is 0.234 e. The van der Waals surface area contributed by atoms with Crippen LogP contribution in [0.15, 0.2) is 28.8 Å². The zero-order valence-corrected chi connectivity index (χ0v) is 11.3. The van der Waals surface area contributed by atoms with Crippen molar-refractivity contribution in [3.8, 4) is 11.4 Å². The maximum atomic E-state index is 13.2. The van der Waals surface area contributed by atoms with E-state index in [9.17, 15) is 4.39 Å². The van der Waals surface area contributed by atoms with E-state index in [1.807, 2.05) is 0 Å². The first kappa shape index (κ1) is 13.2. The van der Waals surface area contributed by atoms with E-state index in [1.165, 1.54) is 18.6 Å². The average molecular weight is 275 g/mol. The second-order valence-electron chi connectivity index (χ2n) is 5.48. The molecule has 0 atom stereocenters. The van der Waals surface area contributed by atoms with Crippen LogP contribution in [0.1, 0.15) is 38.0 Å². The molecule has 0 radical (unpaired) electrons. The fraction of sp³-hybridized carbons (Fsp3) is 0.467. The largest absolute Gasteiger partial charge is 0.338 e. The monoisotopic (exact) mass is 275 g/mol. The standard InChI is InChI=1S/C15H18FN3O/c16-12-6-4-5-11(9-12)13-18-14(20-19-13)15(10-17)7-2-1-3-8-15/h4-6,9H,1-3,7-8,10,17H2. The summed E-state index contributed by atoms with van der Waals surface area (Å²) in [7, 11) is 0. The topological polar surface area (TPSA) is 64.9 Å². The summed E-state index contributed by atoms with van der Waals surface area (Å²) in [4.78, 5) is 4.46. The van der Waals surface area contributed by atoms with Crippen molar-refractivity contribution < 1.29 is 8.91 Å². The number of aromatic nitrogens is 2. The molecule has 5 heteroatoms. The Morgan fingerprint density at radius 1 is 1.25 bits per heavy atom. The summed E-state index contributed by atoms with van der Waals surface area (Å²) < 4.78 is 18.7. The van der Waals surface area contributed by atoms with Gasteiger partial charge in [0.15, 0.2) is 0 Å². The summed E-state index contributed by atoms with van der Waals surface area (Å²) >= 11 is 0. The van der Waals surface area contributed by atoms with E-state index in [2.05, 4.69) is 10.1 Å². The normalized spacial score (nSPS) is 18.1. The molecule has 4 nitrogen and oxygen atoms in total. The van der Waals surface area contributed by atoms with Gasteiger partial charge in [-0.1, -0.05) is 36.6 Å². The van der Waals surface area contributed by atoms with Gasteiger partial charge in [-0.3, -0.25) is 0 Å². The minimum Gasteiger partial charge on any atom is -0.338 e. The summed E-state index contributed by atoms with van der Waals surface area (Å²) in [6, 6.07) is 6.21. The van der Waals surface area contributed by atoms with Crippen LogP contribution in [0, 0.1) is 5.82 Å². The van der Waals surface area contributed by atoms with E-state index in [0.29, 0.717) is 23.8 Å². The second-order valence-corrected chi connectivity index (χ2v) is 5.48. The van der Waals surface area contributed by atoms with Crippen LogP contribution in [0.3, 0.4) is 0 Å². The Hall–Kier alpha value is -1.75. The van der Waals surface area contributed by atoms with Crippen LogP contribution in [0.2, 0.25) is 0 Å². The lowest BCUT2D eigenvalue weighted by Crippen LogP contribution is -2.37. The van der Waals surface area contributed by atoms with Gasteiger partial charge in [0.05, 0.1) is 5.41 Å². The Morgan fingerprint density at radius 3 is 2.75 bits per heavy atom. The summed E-state index contributed by atoms with van der Waals surface area (Å²) in [6.07, 6.45) is 5.46. The van der Waals surface area contributed by atoms with E-state index < -0.39 is 0 Å². The number of hydrogen-bond acceptors (Lipinski definition) is 4. The summed E-state index contributed by atoms with van der Waals surface area (Å²) in [5.74, 6) is 0.719. The number of rotatable bonds is 3. The highest BCUT2D eigenvalue weighted by Crippen LogP contribution is 2.38. The molecule has 106 valence electrons. The summed E-state index contributed by atoms with van der Waals surface area (Å²) in [5.41, 5.74) is 6.38. The third kappa shape index (κ3) is 2.33. The van der Waals surface area contributed by atoms with Crippen LogP contribution in [-0.4, -0.2) is 16.7 Å². The van der Waals surface area contributed by atoms with Crippen molar-refractivity contribution in [3.05, 3.63) is 36.0 Å². The van der Waals surface area contributed by atoms with Gasteiger partial charge in [0.2, 0.25) is 11.7 Å². The molecule has 20 heavy (non-hydrogen) atoms. The highest BCUT2D eigenvalue weighted by molar-refractivity contribution is 5.54. The van der Waals surface area contributed by atoms with Crippen molar-refractivity contribution in [2.24, 2.45) is 5.73 Å². The number of nitrogens with two attached hydrogens (primary N) is 1. The third-order valence-corrected chi connectivity index (χ3v) is 4.16. The Bertz CT molecular complexity index is 590. The predicted molar refractivity (Wildman–Crippen MR) is 73.5 cm³/mol. The molecule has 1 aromatic carbocycles. The van der Waals surface area contributed by atoms with Crippen molar-refractivity contribution in [2.75, 3.05) is 6.54 Å². The fourth-order valence-electron chi connectivity index (χ4n) is 2.92. The van der Waals surface area contributed by atoms with E-state index in [4.69, 9.17) is 10.3 Å². The lowest BCUT2D eigenvalue weighted by molar-refractivity contribution is 0.220. The van der Waals surface area contributed by atoms with Crippen LogP contribution in [0.5, 0.6) is 0 Å². The SMILES string of the molecule is NCC1(c2nc(-c3cccc(F)c3)no2)CCCCC1. The second kappa shape index (κ2) is 5.32. The maximum absolute atomic E-state index is 13.2. The molecule has 0 aliphatic heterocycles. The molecule has 2 aromatic rings. The first-order valence-corrected chi connectivity index (χ1v) is 7.04. The fourth-order valence-corrected chi connectivity index (χ4v) is 2.92. The summed E-state index contributed by atoms with van der Waals surface area (Å²) in [5, 5.41) is 3.99. The Balaban J connectivity index is 1.93. The molecule has 1 heterocycles. The van der Waals surface area contributed by atoms with E-state index in [0.717, 1.165) is 25.7 Å². The zero-order chi connectivity index (χ0) is 14.0. The van der Waals surface area contributed by atoms with Gasteiger partial charge in [0, 0.05) is 12.1 Å². The average Bonchev–Trinajstić information content (AvgIpc) is 2.98. The molecule has 1 saturated carbocycles. The van der Waals surface area contributed by atoms with Crippen LogP contribution >= 0.6 is 0 Å². The minimum atomic E-state index is -0.306. The zero-order valence-electron chi connectivity index (χ0n) is 11.3. The molecule has 3 rings (SSSR count). The van der Waals surface area contributed by atoms with Crippen molar-refractivity contribution in [1.82, 2.24) is 10.1 Å². The number of nitrogens with zero attached hydrogens (tertiary/aromatic N) is 2. The highest BCUT2D eigenvalue weighted by atomic mass is 19.1. The van der Waals surface area contributed by atoms with Gasteiger partial charge in [-0.2, -0.15) is 4.98 Å². The predicted octanol–water partition coefficient (Wildman–Crippen LogP) is 3.04. The first-order valence-electron chi connectivity index (χ1n) is 7.04. The van der Waals surface area contributed by atoms with Crippen molar-refractivity contribution in [1.29, 1.82) is 0 Å². The molecule has 1 aliphatic carbocycles. The molecule has 1 fully saturated rings. The van der Waals surface area contributed by atoms with Gasteiger partial charge in [-0.15, -0.1) is 0 Å². The van der Waals surface area contributed by atoms with Gasteiger partial charge < -0.3 is 10.3 Å². The summed E-state index contributed by atoms with van der Waals surface area (Å²) in [6.45, 7) is 0.512. The van der Waals surface area contributed by atoms with Gasteiger partial charge in [-0.05, 0) is 25.0 Å². The number of hydrogen-bond donors (Lipinski definition) is 1. The molecule has 0 saturated heterocycles. The lowest BCUT2D eigenvalue weighted by atomic mass is 9.74.